The molecule has 0 atom stereocenters. The molecule has 0 aliphatic rings. The third-order valence-electron chi connectivity index (χ3n) is 1.10. The van der Waals surface area contributed by atoms with Gasteiger partial charge in [-0.3, -0.25) is 0 Å². The van der Waals surface area contributed by atoms with Gasteiger partial charge in [0.2, 0.25) is 0 Å². The topological polar surface area (TPSA) is 23.5 Å². The standard InChI is InChI=1S/C5H11NOS2/c1-3-6(4-2)5(8)9-7/h7H,3-4H2,1-2H3. The van der Waals surface area contributed by atoms with Crippen LogP contribution < -0.4 is 0 Å². The number of hydrogen-bond donors (Lipinski definition) is 1. The highest BCUT2D eigenvalue weighted by Gasteiger charge is 2.02. The van der Waals surface area contributed by atoms with E-state index >= 15 is 0 Å². The molecule has 0 saturated carbocycles. The van der Waals surface area contributed by atoms with E-state index in [1.54, 1.807) is 0 Å². The molecular weight excluding hydrogens is 154 g/mol. The van der Waals surface area contributed by atoms with Gasteiger partial charge in [0.1, 0.15) is 0 Å². The molecule has 0 unspecified atom stereocenters. The molecule has 0 aliphatic carbocycles. The molecule has 0 radical (unpaired) electrons. The summed E-state index contributed by atoms with van der Waals surface area (Å²) in [6.07, 6.45) is 0. The van der Waals surface area contributed by atoms with E-state index in [1.165, 1.54) is 0 Å². The van der Waals surface area contributed by atoms with Gasteiger partial charge in [-0.2, -0.15) is 0 Å². The van der Waals surface area contributed by atoms with Crippen LogP contribution >= 0.6 is 24.3 Å². The maximum Gasteiger partial charge on any atom is 0.163 e. The van der Waals surface area contributed by atoms with Gasteiger partial charge < -0.3 is 9.45 Å². The first-order valence-corrected chi connectivity index (χ1v) is 4.04. The van der Waals surface area contributed by atoms with Crippen LogP contribution in [0.2, 0.25) is 0 Å². The summed E-state index contributed by atoms with van der Waals surface area (Å²) in [6, 6.07) is 0. The van der Waals surface area contributed by atoms with Crippen molar-refractivity contribution < 1.29 is 4.55 Å². The molecule has 0 aromatic carbocycles. The Morgan fingerprint density at radius 1 is 1.56 bits per heavy atom. The molecule has 0 saturated heterocycles. The largest absolute Gasteiger partial charge is 0.356 e. The highest BCUT2D eigenvalue weighted by Crippen LogP contribution is 2.02. The van der Waals surface area contributed by atoms with Crippen molar-refractivity contribution in [3.8, 4) is 0 Å². The van der Waals surface area contributed by atoms with Crippen LogP contribution in [0, 0.1) is 0 Å². The highest BCUT2D eigenvalue weighted by atomic mass is 32.2. The fourth-order valence-corrected chi connectivity index (χ4v) is 1.17. The van der Waals surface area contributed by atoms with Gasteiger partial charge in [-0.1, -0.05) is 12.2 Å². The Balaban J connectivity index is 3.64. The van der Waals surface area contributed by atoms with Crippen LogP contribution in [0.3, 0.4) is 0 Å². The van der Waals surface area contributed by atoms with Gasteiger partial charge in [0.05, 0.1) is 12.0 Å². The molecule has 0 fully saturated rings. The van der Waals surface area contributed by atoms with Crippen LogP contribution in [-0.4, -0.2) is 26.9 Å². The summed E-state index contributed by atoms with van der Waals surface area (Å²) in [5, 5.41) is 0. The van der Waals surface area contributed by atoms with Crippen LogP contribution in [0.15, 0.2) is 0 Å². The fourth-order valence-electron chi connectivity index (χ4n) is 0.540. The van der Waals surface area contributed by atoms with Crippen molar-refractivity contribution >= 4 is 28.6 Å². The maximum atomic E-state index is 8.50. The van der Waals surface area contributed by atoms with Crippen molar-refractivity contribution in [1.29, 1.82) is 0 Å². The molecule has 4 heteroatoms. The summed E-state index contributed by atoms with van der Waals surface area (Å²) >= 11 is 5.45. The molecule has 0 aliphatic heterocycles. The minimum atomic E-state index is 0.556. The second-order valence-corrected chi connectivity index (χ2v) is 2.74. The zero-order valence-electron chi connectivity index (χ0n) is 5.63. The monoisotopic (exact) mass is 165 g/mol. The Kier molecular flexibility index (Phi) is 5.13. The zero-order chi connectivity index (χ0) is 7.28. The molecule has 0 spiro atoms. The van der Waals surface area contributed by atoms with Gasteiger partial charge in [-0.15, -0.1) is 0 Å². The maximum absolute atomic E-state index is 8.50. The van der Waals surface area contributed by atoms with E-state index < -0.39 is 0 Å². The molecule has 54 valence electrons. The number of nitrogens with zero attached hydrogens (tertiary/aromatic N) is 1. The van der Waals surface area contributed by atoms with Crippen molar-refractivity contribution in [3.63, 3.8) is 0 Å². The first-order valence-electron chi connectivity index (χ1n) is 2.86. The van der Waals surface area contributed by atoms with Crippen LogP contribution in [-0.2, 0) is 0 Å². The van der Waals surface area contributed by atoms with Gasteiger partial charge >= 0.3 is 0 Å². The Hall–Kier alpha value is 0.200. The summed E-state index contributed by atoms with van der Waals surface area (Å²) in [6.45, 7) is 5.74. The smallest absolute Gasteiger partial charge is 0.163 e. The molecule has 9 heavy (non-hydrogen) atoms. The van der Waals surface area contributed by atoms with E-state index in [9.17, 15) is 0 Å². The second-order valence-electron chi connectivity index (χ2n) is 1.53. The molecule has 2 nitrogen and oxygen atoms in total. The lowest BCUT2D eigenvalue weighted by Gasteiger charge is -2.18. The van der Waals surface area contributed by atoms with Crippen molar-refractivity contribution in [3.05, 3.63) is 0 Å². The SMILES string of the molecule is CCN(CC)C(=S)SO. The molecule has 0 rings (SSSR count). The Morgan fingerprint density at radius 2 is 2.00 bits per heavy atom. The average molecular weight is 165 g/mol. The number of hydrogen-bond acceptors (Lipinski definition) is 3. The van der Waals surface area contributed by atoms with E-state index in [2.05, 4.69) is 0 Å². The quantitative estimate of drug-likeness (QED) is 0.498. The number of rotatable bonds is 2. The highest BCUT2D eigenvalue weighted by molar-refractivity contribution is 8.19. The molecule has 1 N–H and O–H groups in total. The lowest BCUT2D eigenvalue weighted by molar-refractivity contribution is 0.480. The van der Waals surface area contributed by atoms with Gasteiger partial charge in [0.25, 0.3) is 0 Å². The Labute approximate surface area is 65.4 Å². The van der Waals surface area contributed by atoms with E-state index in [1.807, 2.05) is 18.7 Å². The summed E-state index contributed by atoms with van der Waals surface area (Å²) in [7, 11) is 0. The van der Waals surface area contributed by atoms with Gasteiger partial charge in [-0.05, 0) is 13.8 Å². The second kappa shape index (κ2) is 5.02. The van der Waals surface area contributed by atoms with Crippen LogP contribution in [0.4, 0.5) is 0 Å². The van der Waals surface area contributed by atoms with Gasteiger partial charge in [0.15, 0.2) is 4.32 Å². The average Bonchev–Trinajstić information content (AvgIpc) is 1.90. The first-order chi connectivity index (χ1) is 4.26. The molecule has 0 heterocycles. The molecule has 0 aromatic rings. The van der Waals surface area contributed by atoms with Crippen molar-refractivity contribution in [2.75, 3.05) is 13.1 Å². The van der Waals surface area contributed by atoms with Crippen molar-refractivity contribution in [1.82, 2.24) is 4.90 Å². The third kappa shape index (κ3) is 3.03. The van der Waals surface area contributed by atoms with E-state index in [0.29, 0.717) is 16.4 Å². The van der Waals surface area contributed by atoms with Gasteiger partial charge in [0, 0.05) is 13.1 Å². The predicted molar refractivity (Wildman–Crippen MR) is 45.7 cm³/mol. The normalized spacial score (nSPS) is 9.22. The molecular formula is C5H11NOS2. The molecule has 0 bridgehead atoms. The molecule has 0 aromatic heterocycles. The fraction of sp³-hybridized carbons (Fsp3) is 0.800. The van der Waals surface area contributed by atoms with Crippen LogP contribution in [0.1, 0.15) is 13.8 Å². The van der Waals surface area contributed by atoms with Crippen LogP contribution in [0.25, 0.3) is 0 Å². The Morgan fingerprint density at radius 3 is 2.11 bits per heavy atom. The van der Waals surface area contributed by atoms with E-state index in [-0.39, 0.29) is 0 Å². The van der Waals surface area contributed by atoms with Crippen molar-refractivity contribution in [2.45, 2.75) is 13.8 Å². The predicted octanol–water partition coefficient (Wildman–Crippen LogP) is 1.82. The zero-order valence-corrected chi connectivity index (χ0v) is 7.26. The van der Waals surface area contributed by atoms with Gasteiger partial charge in [-0.25, -0.2) is 0 Å². The Bertz CT molecular complexity index is 93.0. The van der Waals surface area contributed by atoms with E-state index in [0.717, 1.165) is 13.1 Å². The lowest BCUT2D eigenvalue weighted by Crippen LogP contribution is -2.26. The van der Waals surface area contributed by atoms with Crippen molar-refractivity contribution in [2.24, 2.45) is 0 Å². The summed E-state index contributed by atoms with van der Waals surface area (Å²) in [5.41, 5.74) is 0. The van der Waals surface area contributed by atoms with E-state index in [4.69, 9.17) is 16.8 Å². The summed E-state index contributed by atoms with van der Waals surface area (Å²) in [5.74, 6) is 0. The summed E-state index contributed by atoms with van der Waals surface area (Å²) < 4.78 is 9.06. The lowest BCUT2D eigenvalue weighted by atomic mass is 10.6. The minimum Gasteiger partial charge on any atom is -0.356 e. The number of thiocarbonyl (C=S) groups is 1. The summed E-state index contributed by atoms with van der Waals surface area (Å²) in [4.78, 5) is 1.92. The first kappa shape index (κ1) is 9.20. The third-order valence-corrected chi connectivity index (χ3v) is 2.00. The minimum absolute atomic E-state index is 0.556. The van der Waals surface area contributed by atoms with Crippen LogP contribution in [0.5, 0.6) is 0 Å². The molecule has 0 amide bonds.